The van der Waals surface area contributed by atoms with Gasteiger partial charge in [-0.05, 0) is 24.1 Å². The maximum atomic E-state index is 10.6. The van der Waals surface area contributed by atoms with E-state index in [-0.39, 0.29) is 18.9 Å². The third kappa shape index (κ3) is 3.61. The molecular formula is C13H14O6. The molecule has 0 saturated carbocycles. The zero-order valence-electron chi connectivity index (χ0n) is 10.2. The molecule has 0 saturated heterocycles. The molecule has 1 atom stereocenters. The van der Waals surface area contributed by atoms with Gasteiger partial charge in [0.15, 0.2) is 11.5 Å². The van der Waals surface area contributed by atoms with E-state index in [1.807, 2.05) is 0 Å². The number of carboxylic acid groups (broad SMARTS) is 2. The Morgan fingerprint density at radius 3 is 2.68 bits per heavy atom. The third-order valence-corrected chi connectivity index (χ3v) is 2.76. The Bertz CT molecular complexity index is 496. The van der Waals surface area contributed by atoms with Crippen LogP contribution in [0.2, 0.25) is 0 Å². The van der Waals surface area contributed by atoms with Crippen molar-refractivity contribution in [3.05, 3.63) is 23.8 Å². The lowest BCUT2D eigenvalue weighted by Gasteiger charge is -2.26. The van der Waals surface area contributed by atoms with Crippen molar-refractivity contribution < 1.29 is 29.3 Å². The Morgan fingerprint density at radius 2 is 2.00 bits per heavy atom. The SMILES string of the molecule is O=C(O)CCC1COc2ccc(CC(=O)O)cc2O1. The van der Waals surface area contributed by atoms with E-state index in [4.69, 9.17) is 19.7 Å². The van der Waals surface area contributed by atoms with Crippen LogP contribution in [0.5, 0.6) is 11.5 Å². The lowest BCUT2D eigenvalue weighted by molar-refractivity contribution is -0.138. The van der Waals surface area contributed by atoms with Crippen LogP contribution in [0.15, 0.2) is 18.2 Å². The van der Waals surface area contributed by atoms with Gasteiger partial charge >= 0.3 is 11.9 Å². The van der Waals surface area contributed by atoms with Crippen LogP contribution < -0.4 is 9.47 Å². The van der Waals surface area contributed by atoms with Gasteiger partial charge < -0.3 is 19.7 Å². The largest absolute Gasteiger partial charge is 0.486 e. The second-order valence-corrected chi connectivity index (χ2v) is 4.33. The molecule has 2 rings (SSSR count). The van der Waals surface area contributed by atoms with Crippen LogP contribution in [-0.4, -0.2) is 34.9 Å². The molecule has 0 spiro atoms. The quantitative estimate of drug-likeness (QED) is 0.834. The standard InChI is InChI=1S/C13H14O6/c14-12(15)4-2-9-7-18-10-3-1-8(6-13(16)17)5-11(10)19-9/h1,3,5,9H,2,4,6-7H2,(H,14,15)(H,16,17). The van der Waals surface area contributed by atoms with Crippen molar-refractivity contribution in [1.29, 1.82) is 0 Å². The van der Waals surface area contributed by atoms with Crippen LogP contribution in [0.1, 0.15) is 18.4 Å². The zero-order chi connectivity index (χ0) is 13.8. The van der Waals surface area contributed by atoms with Crippen molar-refractivity contribution in [3.63, 3.8) is 0 Å². The zero-order valence-corrected chi connectivity index (χ0v) is 10.2. The number of benzene rings is 1. The molecule has 0 fully saturated rings. The molecular weight excluding hydrogens is 252 g/mol. The highest BCUT2D eigenvalue weighted by molar-refractivity contribution is 5.70. The smallest absolute Gasteiger partial charge is 0.307 e. The van der Waals surface area contributed by atoms with Crippen molar-refractivity contribution in [2.24, 2.45) is 0 Å². The number of hydrogen-bond acceptors (Lipinski definition) is 4. The van der Waals surface area contributed by atoms with Gasteiger partial charge in [-0.2, -0.15) is 0 Å². The van der Waals surface area contributed by atoms with E-state index in [1.54, 1.807) is 18.2 Å². The second kappa shape index (κ2) is 5.60. The minimum Gasteiger partial charge on any atom is -0.486 e. The fourth-order valence-electron chi connectivity index (χ4n) is 1.87. The average molecular weight is 266 g/mol. The highest BCUT2D eigenvalue weighted by Crippen LogP contribution is 2.33. The average Bonchev–Trinajstić information content (AvgIpc) is 2.35. The first-order chi connectivity index (χ1) is 9.04. The fraction of sp³-hybridized carbons (Fsp3) is 0.385. The molecule has 19 heavy (non-hydrogen) atoms. The van der Waals surface area contributed by atoms with Crippen molar-refractivity contribution in [2.45, 2.75) is 25.4 Å². The Hall–Kier alpha value is -2.24. The molecule has 6 heteroatoms. The van der Waals surface area contributed by atoms with Crippen LogP contribution >= 0.6 is 0 Å². The molecule has 0 aromatic heterocycles. The van der Waals surface area contributed by atoms with Crippen molar-refractivity contribution in [1.82, 2.24) is 0 Å². The predicted molar refractivity (Wildman–Crippen MR) is 64.6 cm³/mol. The summed E-state index contributed by atoms with van der Waals surface area (Å²) in [5, 5.41) is 17.4. The molecule has 2 N–H and O–H groups in total. The number of fused-ring (bicyclic) bond motifs is 1. The number of ether oxygens (including phenoxy) is 2. The van der Waals surface area contributed by atoms with E-state index >= 15 is 0 Å². The van der Waals surface area contributed by atoms with E-state index in [0.717, 1.165) is 0 Å². The van der Waals surface area contributed by atoms with Gasteiger partial charge in [-0.1, -0.05) is 6.07 Å². The summed E-state index contributed by atoms with van der Waals surface area (Å²) < 4.78 is 11.1. The maximum absolute atomic E-state index is 10.6. The van der Waals surface area contributed by atoms with E-state index in [9.17, 15) is 9.59 Å². The van der Waals surface area contributed by atoms with Crippen molar-refractivity contribution >= 4 is 11.9 Å². The van der Waals surface area contributed by atoms with Crippen LogP contribution in [0, 0.1) is 0 Å². The van der Waals surface area contributed by atoms with Gasteiger partial charge in [0.1, 0.15) is 12.7 Å². The minimum absolute atomic E-state index is 0.0121. The number of carbonyl (C=O) groups is 2. The van der Waals surface area contributed by atoms with E-state index < -0.39 is 11.9 Å². The van der Waals surface area contributed by atoms with Gasteiger partial charge in [0.25, 0.3) is 0 Å². The van der Waals surface area contributed by atoms with Crippen LogP contribution in [0.3, 0.4) is 0 Å². The second-order valence-electron chi connectivity index (χ2n) is 4.33. The lowest BCUT2D eigenvalue weighted by atomic mass is 10.1. The normalized spacial score (nSPS) is 16.9. The number of aliphatic carboxylic acids is 2. The summed E-state index contributed by atoms with van der Waals surface area (Å²) in [6.45, 7) is 0.304. The van der Waals surface area contributed by atoms with Gasteiger partial charge in [0.2, 0.25) is 0 Å². The van der Waals surface area contributed by atoms with Crippen molar-refractivity contribution in [2.75, 3.05) is 6.61 Å². The topological polar surface area (TPSA) is 93.1 Å². The van der Waals surface area contributed by atoms with E-state index in [0.29, 0.717) is 30.1 Å². The summed E-state index contributed by atoms with van der Waals surface area (Å²) >= 11 is 0. The molecule has 1 aromatic rings. The third-order valence-electron chi connectivity index (χ3n) is 2.76. The van der Waals surface area contributed by atoms with E-state index in [2.05, 4.69) is 0 Å². The molecule has 0 amide bonds. The van der Waals surface area contributed by atoms with Gasteiger partial charge in [0.05, 0.1) is 6.42 Å². The first-order valence-electron chi connectivity index (χ1n) is 5.90. The minimum atomic E-state index is -0.917. The fourth-order valence-corrected chi connectivity index (χ4v) is 1.87. The van der Waals surface area contributed by atoms with Gasteiger partial charge in [-0.3, -0.25) is 9.59 Å². The Morgan fingerprint density at radius 1 is 1.21 bits per heavy atom. The first-order valence-corrected chi connectivity index (χ1v) is 5.90. The number of rotatable bonds is 5. The molecule has 1 aliphatic heterocycles. The molecule has 1 unspecified atom stereocenters. The van der Waals surface area contributed by atoms with Crippen molar-refractivity contribution in [3.8, 4) is 11.5 Å². The summed E-state index contributed by atoms with van der Waals surface area (Å²) in [7, 11) is 0. The Balaban J connectivity index is 2.05. The van der Waals surface area contributed by atoms with Crippen LogP contribution in [0.4, 0.5) is 0 Å². The summed E-state index contributed by atoms with van der Waals surface area (Å²) in [6, 6.07) is 4.96. The van der Waals surface area contributed by atoms with Gasteiger partial charge in [-0.15, -0.1) is 0 Å². The summed E-state index contributed by atoms with van der Waals surface area (Å²) in [5.41, 5.74) is 0.619. The highest BCUT2D eigenvalue weighted by Gasteiger charge is 2.22. The van der Waals surface area contributed by atoms with Crippen LogP contribution in [0.25, 0.3) is 0 Å². The molecule has 0 bridgehead atoms. The Kier molecular flexibility index (Phi) is 3.89. The molecule has 1 aromatic carbocycles. The monoisotopic (exact) mass is 266 g/mol. The molecule has 102 valence electrons. The Labute approximate surface area is 109 Å². The molecule has 1 heterocycles. The summed E-state index contributed by atoms with van der Waals surface area (Å²) in [6.07, 6.45) is -0.0318. The molecule has 6 nitrogen and oxygen atoms in total. The van der Waals surface area contributed by atoms with E-state index in [1.165, 1.54) is 0 Å². The molecule has 0 aliphatic carbocycles. The van der Waals surface area contributed by atoms with Gasteiger partial charge in [-0.25, -0.2) is 0 Å². The molecule has 0 radical (unpaired) electrons. The molecule has 1 aliphatic rings. The first kappa shape index (κ1) is 13.2. The lowest BCUT2D eigenvalue weighted by Crippen LogP contribution is -2.29. The number of carboxylic acids is 2. The summed E-state index contributed by atoms with van der Waals surface area (Å²) in [5.74, 6) is -0.769. The predicted octanol–water partition coefficient (Wildman–Crippen LogP) is 1.32. The van der Waals surface area contributed by atoms with Crippen LogP contribution in [-0.2, 0) is 16.0 Å². The van der Waals surface area contributed by atoms with Gasteiger partial charge in [0, 0.05) is 6.42 Å². The number of hydrogen-bond donors (Lipinski definition) is 2. The summed E-state index contributed by atoms with van der Waals surface area (Å²) in [4.78, 5) is 21.1. The highest BCUT2D eigenvalue weighted by atomic mass is 16.6. The maximum Gasteiger partial charge on any atom is 0.307 e.